The van der Waals surface area contributed by atoms with Gasteiger partial charge in [-0.2, -0.15) is 11.8 Å². The molecule has 22 N–H and O–H groups in total. The van der Waals surface area contributed by atoms with Crippen LogP contribution in [0.25, 0.3) is 0 Å². The third-order valence-corrected chi connectivity index (χ3v) is 10.6. The van der Waals surface area contributed by atoms with Gasteiger partial charge in [-0.15, -0.1) is 0 Å². The Morgan fingerprint density at radius 3 is 1.15 bits per heavy atom. The van der Waals surface area contributed by atoms with Gasteiger partial charge in [0.2, 0.25) is 0 Å². The molecule has 0 aliphatic rings. The predicted molar refractivity (Wildman–Crippen MR) is 243 cm³/mol. The average Bonchev–Trinajstić information content (AvgIpc) is 3.18. The maximum Gasteiger partial charge on any atom is 0.321 e. The third kappa shape index (κ3) is 42.8. The largest absolute Gasteiger partial charge is 0.508 e. The number of hydrogen-bond acceptors (Lipinski definition) is 18. The highest BCUT2D eigenvalue weighted by Crippen LogP contribution is 2.22. The molecule has 25 heteroatoms. The van der Waals surface area contributed by atoms with E-state index in [4.69, 9.17) is 81.0 Å². The summed E-state index contributed by atoms with van der Waals surface area (Å²) in [5.41, 5.74) is 37.4. The van der Waals surface area contributed by atoms with Crippen molar-refractivity contribution in [2.24, 2.45) is 57.9 Å². The van der Waals surface area contributed by atoms with Gasteiger partial charge in [-0.1, -0.05) is 81.7 Å². The first kappa shape index (κ1) is 67.2. The lowest BCUT2D eigenvalue weighted by Gasteiger charge is -2.11. The Morgan fingerprint density at radius 2 is 0.919 bits per heavy atom. The van der Waals surface area contributed by atoms with Gasteiger partial charge in [0.15, 0.2) is 0 Å². The summed E-state index contributed by atoms with van der Waals surface area (Å²) in [6.45, 7) is 11.2. The van der Waals surface area contributed by atoms with E-state index < -0.39 is 84.1 Å². The van der Waals surface area contributed by atoms with Crippen molar-refractivity contribution in [1.82, 2.24) is 0 Å². The number of rotatable bonds is 22. The summed E-state index contributed by atoms with van der Waals surface area (Å²) in [5.74, 6) is -4.95. The molecule has 0 spiro atoms. The van der Waals surface area contributed by atoms with Crippen LogP contribution in [0.4, 0.5) is 0 Å². The minimum Gasteiger partial charge on any atom is -0.508 e. The van der Waals surface area contributed by atoms with Crippen LogP contribution < -0.4 is 40.1 Å². The fourth-order valence-electron chi connectivity index (χ4n) is 3.12. The van der Waals surface area contributed by atoms with E-state index in [-0.39, 0.29) is 35.5 Å². The molecule has 0 fully saturated rings. The quantitative estimate of drug-likeness (QED) is 0.0560. The first-order valence-corrected chi connectivity index (χ1v) is 22.7. The number of phenolic OH excluding ortho intramolecular Hbond substituents is 1. The summed E-state index contributed by atoms with van der Waals surface area (Å²) in [6.07, 6.45) is 4.11. The highest BCUT2D eigenvalue weighted by atomic mass is 33.1. The molecular weight excluding hydrogens is 879 g/mol. The second-order valence-corrected chi connectivity index (χ2v) is 17.5. The number of thioether (sulfide) groups is 1. The minimum atomic E-state index is -1.07. The number of phenols is 1. The molecule has 0 radical (unpaired) electrons. The minimum absolute atomic E-state index is 0.0208. The number of carboxylic acid groups (broad SMARTS) is 7. The zero-order valence-corrected chi connectivity index (χ0v) is 38.7. The van der Waals surface area contributed by atoms with Crippen LogP contribution in [0.15, 0.2) is 24.3 Å². The van der Waals surface area contributed by atoms with Crippen LogP contribution in [-0.2, 0) is 40.0 Å². The summed E-state index contributed by atoms with van der Waals surface area (Å²) in [7, 11) is 2.41. The summed E-state index contributed by atoms with van der Waals surface area (Å²) in [6, 6.07) is 0.795. The lowest BCUT2D eigenvalue weighted by molar-refractivity contribution is -0.140. The van der Waals surface area contributed by atoms with Crippen LogP contribution in [-0.4, -0.2) is 148 Å². The van der Waals surface area contributed by atoms with Crippen LogP contribution in [0.1, 0.15) is 66.4 Å². The van der Waals surface area contributed by atoms with Gasteiger partial charge in [-0.3, -0.25) is 33.6 Å². The van der Waals surface area contributed by atoms with E-state index in [1.807, 2.05) is 34.0 Å². The van der Waals surface area contributed by atoms with Crippen LogP contribution in [0.5, 0.6) is 5.75 Å². The fraction of sp³-hybridized carbons (Fsp3) is 0.649. The SMILES string of the molecule is CC(C)C(N)C(=O)O.CC(C)CC(N)C(=O)O.CCC(C)C(N)C(=O)O.CSCCC(N)C(=O)O.NC(CSSCC(N)C(=O)O)C(=O)O.NC(Cc1ccc(O)cc1)C(=O)O. The van der Waals surface area contributed by atoms with E-state index in [1.54, 1.807) is 37.7 Å². The smallest absolute Gasteiger partial charge is 0.321 e. The summed E-state index contributed by atoms with van der Waals surface area (Å²) >= 11 is 1.60. The monoisotopic (exact) mass is 949 g/mol. The molecule has 0 bridgehead atoms. The molecule has 0 aliphatic heterocycles. The number of aliphatic carboxylic acids is 7. The molecule has 22 nitrogen and oxygen atoms in total. The highest BCUT2D eigenvalue weighted by molar-refractivity contribution is 8.76. The second-order valence-electron chi connectivity index (χ2n) is 13.9. The molecule has 0 heterocycles. The number of carboxylic acids is 7. The van der Waals surface area contributed by atoms with Crippen LogP contribution in [0.3, 0.4) is 0 Å². The van der Waals surface area contributed by atoms with Gasteiger partial charge >= 0.3 is 41.8 Å². The zero-order valence-electron chi connectivity index (χ0n) is 36.2. The third-order valence-electron chi connectivity index (χ3n) is 7.46. The summed E-state index contributed by atoms with van der Waals surface area (Å²) in [5, 5.41) is 67.5. The molecule has 0 saturated heterocycles. The summed E-state index contributed by atoms with van der Waals surface area (Å²) < 4.78 is 0. The molecule has 0 aliphatic carbocycles. The first-order chi connectivity index (χ1) is 28.4. The first-order valence-electron chi connectivity index (χ1n) is 18.8. The number of carbonyl (C=O) groups is 7. The van der Waals surface area contributed by atoms with Crippen molar-refractivity contribution in [3.05, 3.63) is 29.8 Å². The molecule has 1 aromatic carbocycles. The molecule has 0 amide bonds. The number of nitrogens with two attached hydrogens (primary N) is 7. The van der Waals surface area contributed by atoms with E-state index in [1.165, 1.54) is 33.7 Å². The molecule has 0 aromatic heterocycles. The predicted octanol–water partition coefficient (Wildman–Crippen LogP) is 0.633. The van der Waals surface area contributed by atoms with Crippen LogP contribution >= 0.6 is 33.3 Å². The number of hydrogen-bond donors (Lipinski definition) is 15. The van der Waals surface area contributed by atoms with Gasteiger partial charge in [0.25, 0.3) is 0 Å². The maximum absolute atomic E-state index is 10.4. The molecule has 8 atom stereocenters. The van der Waals surface area contributed by atoms with E-state index in [9.17, 15) is 33.6 Å². The highest BCUT2D eigenvalue weighted by Gasteiger charge is 2.18. The fourth-order valence-corrected chi connectivity index (χ4v) is 5.84. The van der Waals surface area contributed by atoms with E-state index in [2.05, 4.69) is 0 Å². The molecule has 362 valence electrons. The lowest BCUT2D eigenvalue weighted by Crippen LogP contribution is -2.36. The van der Waals surface area contributed by atoms with Crippen molar-refractivity contribution < 1.29 is 74.4 Å². The van der Waals surface area contributed by atoms with Gasteiger partial charge in [-0.25, -0.2) is 0 Å². The maximum atomic E-state index is 10.4. The summed E-state index contributed by atoms with van der Waals surface area (Å²) in [4.78, 5) is 71.3. The van der Waals surface area contributed by atoms with E-state index in [0.717, 1.165) is 17.7 Å². The van der Waals surface area contributed by atoms with Gasteiger partial charge in [0, 0.05) is 11.5 Å². The Labute approximate surface area is 374 Å². The molecule has 1 rings (SSSR count). The van der Waals surface area contributed by atoms with Crippen molar-refractivity contribution in [1.29, 1.82) is 0 Å². The van der Waals surface area contributed by atoms with Crippen molar-refractivity contribution in [2.75, 3.05) is 23.5 Å². The molecule has 8 unspecified atom stereocenters. The van der Waals surface area contributed by atoms with Gasteiger partial charge in [0.05, 0.1) is 0 Å². The zero-order chi connectivity index (χ0) is 49.9. The molecule has 1 aromatic rings. The van der Waals surface area contributed by atoms with Crippen molar-refractivity contribution in [2.45, 2.75) is 110 Å². The Bertz CT molecular complexity index is 1400. The Kier molecular flexibility index (Phi) is 43.2. The van der Waals surface area contributed by atoms with Crippen molar-refractivity contribution in [3.63, 3.8) is 0 Å². The number of benzene rings is 1. The van der Waals surface area contributed by atoms with E-state index in [0.29, 0.717) is 18.8 Å². The van der Waals surface area contributed by atoms with E-state index >= 15 is 0 Å². The standard InChI is InChI=1S/C9H11NO3.C6H12N2O4S2.2C6H13NO2.C5H11NO2S.C5H11NO2/c10-8(9(12)13)5-6-1-3-7(11)4-2-6;7-3(5(9)10)1-13-14-2-4(8)6(11)12;1-4(2)3-5(7)6(8)9;1-3-4(2)5(7)6(8)9;1-9-3-2-4(6)5(7)8;1-3(2)4(6)5(7)8/h1-4,8,11H,5,10H2,(H,12,13);3-4H,1-2,7-8H2,(H,9,10)(H,11,12);2*4-5H,3,7H2,1-2H3,(H,8,9);4H,2-3,6H2,1H3,(H,7,8);3-4H,6H2,1-2H3,(H,7,8). The topological polar surface area (TPSA) is 463 Å². The Hall–Kier alpha value is -3.92. The van der Waals surface area contributed by atoms with Gasteiger partial charge < -0.3 is 81.0 Å². The Morgan fingerprint density at radius 1 is 0.548 bits per heavy atom. The normalized spacial score (nSPS) is 14.1. The van der Waals surface area contributed by atoms with Gasteiger partial charge in [-0.05, 0) is 66.7 Å². The van der Waals surface area contributed by atoms with Crippen LogP contribution in [0.2, 0.25) is 0 Å². The second kappa shape index (κ2) is 39.9. The van der Waals surface area contributed by atoms with Crippen molar-refractivity contribution in [3.8, 4) is 5.75 Å². The molecule has 62 heavy (non-hydrogen) atoms. The molecular formula is C37H71N7O15S3. The van der Waals surface area contributed by atoms with Crippen molar-refractivity contribution >= 4 is 75.1 Å². The van der Waals surface area contributed by atoms with Crippen LogP contribution in [0, 0.1) is 17.8 Å². The Balaban J connectivity index is -0.000000213. The number of aromatic hydroxyl groups is 1. The average molecular weight is 950 g/mol. The lowest BCUT2D eigenvalue weighted by atomic mass is 10.0. The van der Waals surface area contributed by atoms with Gasteiger partial charge in [0.1, 0.15) is 48.0 Å². The molecule has 0 saturated carbocycles.